The first kappa shape index (κ1) is 15.3. The average Bonchev–Trinajstić information content (AvgIpc) is 2.98. The predicted molar refractivity (Wildman–Crippen MR) is 86.4 cm³/mol. The molecule has 0 amide bonds. The zero-order valence-corrected chi connectivity index (χ0v) is 14.1. The predicted octanol–water partition coefficient (Wildman–Crippen LogP) is 4.48. The van der Waals surface area contributed by atoms with Gasteiger partial charge in [-0.2, -0.15) is 0 Å². The molecule has 1 saturated carbocycles. The van der Waals surface area contributed by atoms with Gasteiger partial charge in [-0.3, -0.25) is 4.79 Å². The van der Waals surface area contributed by atoms with Crippen LogP contribution in [0, 0.1) is 0 Å². The molecule has 1 heterocycles. The summed E-state index contributed by atoms with van der Waals surface area (Å²) in [4.78, 5) is 16.9. The van der Waals surface area contributed by atoms with Crippen molar-refractivity contribution < 1.29 is 13.9 Å². The van der Waals surface area contributed by atoms with Crippen LogP contribution < -0.4 is 0 Å². The fraction of sp³-hybridized carbons (Fsp3) is 0.412. The topological polar surface area (TPSA) is 52.3 Å². The number of methoxy groups -OCH3 is 1. The molecule has 22 heavy (non-hydrogen) atoms. The first-order valence-electron chi connectivity index (χ1n) is 7.48. The van der Waals surface area contributed by atoms with Crippen LogP contribution in [-0.4, -0.2) is 18.1 Å². The number of oxazole rings is 1. The number of halogens is 1. The third kappa shape index (κ3) is 2.58. The Bertz CT molecular complexity index is 660. The van der Waals surface area contributed by atoms with Crippen molar-refractivity contribution in [3.63, 3.8) is 0 Å². The van der Waals surface area contributed by atoms with Crippen LogP contribution in [-0.2, 0) is 14.9 Å². The lowest BCUT2D eigenvalue weighted by atomic mass is 9.74. The van der Waals surface area contributed by atoms with Crippen LogP contribution in [0.5, 0.6) is 0 Å². The molecule has 2 aromatic rings. The molecule has 0 bridgehead atoms. The molecule has 116 valence electrons. The maximum Gasteiger partial charge on any atom is 0.321 e. The second-order valence-corrected chi connectivity index (χ2v) is 6.39. The fourth-order valence-corrected chi connectivity index (χ4v) is 3.60. The number of ether oxygens (including phenoxy) is 1. The molecule has 0 unspecified atom stereocenters. The SMILES string of the molecule is COC(=O)C1(c2nc(Br)c(-c3ccccc3)o2)CCCCC1. The monoisotopic (exact) mass is 363 g/mol. The van der Waals surface area contributed by atoms with Gasteiger partial charge in [-0.05, 0) is 28.8 Å². The van der Waals surface area contributed by atoms with E-state index in [2.05, 4.69) is 20.9 Å². The Morgan fingerprint density at radius 1 is 1.23 bits per heavy atom. The summed E-state index contributed by atoms with van der Waals surface area (Å²) < 4.78 is 11.7. The van der Waals surface area contributed by atoms with Crippen molar-refractivity contribution in [2.75, 3.05) is 7.11 Å². The Morgan fingerprint density at radius 3 is 2.55 bits per heavy atom. The molecule has 0 spiro atoms. The van der Waals surface area contributed by atoms with Crippen molar-refractivity contribution >= 4 is 21.9 Å². The van der Waals surface area contributed by atoms with Crippen LogP contribution in [0.2, 0.25) is 0 Å². The van der Waals surface area contributed by atoms with Gasteiger partial charge >= 0.3 is 5.97 Å². The Balaban J connectivity index is 2.05. The normalized spacial score (nSPS) is 17.2. The van der Waals surface area contributed by atoms with Crippen LogP contribution >= 0.6 is 15.9 Å². The maximum atomic E-state index is 12.4. The molecule has 5 heteroatoms. The van der Waals surface area contributed by atoms with Crippen LogP contribution in [0.4, 0.5) is 0 Å². The summed E-state index contributed by atoms with van der Waals surface area (Å²) in [5.41, 5.74) is 0.187. The summed E-state index contributed by atoms with van der Waals surface area (Å²) in [6, 6.07) is 9.76. The molecular formula is C17H18BrNO3. The lowest BCUT2D eigenvalue weighted by Gasteiger charge is -2.31. The highest BCUT2D eigenvalue weighted by Crippen LogP contribution is 2.42. The summed E-state index contributed by atoms with van der Waals surface area (Å²) in [6.45, 7) is 0. The highest BCUT2D eigenvalue weighted by atomic mass is 79.9. The summed E-state index contributed by atoms with van der Waals surface area (Å²) >= 11 is 3.46. The standard InChI is InChI=1S/C17H18BrNO3/c1-21-16(20)17(10-6-3-7-11-17)15-19-14(18)13(22-15)12-8-4-2-5-9-12/h2,4-5,8-9H,3,6-7,10-11H2,1H3. The molecule has 0 radical (unpaired) electrons. The van der Waals surface area contributed by atoms with Gasteiger partial charge in [0, 0.05) is 5.56 Å². The number of aromatic nitrogens is 1. The van der Waals surface area contributed by atoms with Gasteiger partial charge in [0.2, 0.25) is 5.89 Å². The molecule has 1 aromatic heterocycles. The van der Waals surface area contributed by atoms with E-state index in [9.17, 15) is 4.79 Å². The van der Waals surface area contributed by atoms with Crippen LogP contribution in [0.15, 0.2) is 39.4 Å². The minimum atomic E-state index is -0.747. The number of hydrogen-bond acceptors (Lipinski definition) is 4. The Kier molecular flexibility index (Phi) is 4.34. The van der Waals surface area contributed by atoms with Gasteiger partial charge in [0.15, 0.2) is 10.4 Å². The van der Waals surface area contributed by atoms with Gasteiger partial charge in [0.25, 0.3) is 0 Å². The van der Waals surface area contributed by atoms with E-state index >= 15 is 0 Å². The first-order valence-corrected chi connectivity index (χ1v) is 8.27. The van der Waals surface area contributed by atoms with E-state index in [0.717, 1.165) is 37.7 Å². The number of carbonyl (C=O) groups is 1. The number of benzene rings is 1. The lowest BCUT2D eigenvalue weighted by Crippen LogP contribution is -2.39. The molecule has 1 aliphatic carbocycles. The van der Waals surface area contributed by atoms with Crippen molar-refractivity contribution in [3.8, 4) is 11.3 Å². The van der Waals surface area contributed by atoms with Gasteiger partial charge in [0.1, 0.15) is 5.41 Å². The lowest BCUT2D eigenvalue weighted by molar-refractivity contribution is -0.150. The van der Waals surface area contributed by atoms with E-state index in [0.29, 0.717) is 16.3 Å². The van der Waals surface area contributed by atoms with E-state index in [1.807, 2.05) is 30.3 Å². The minimum absolute atomic E-state index is 0.249. The molecule has 1 aromatic carbocycles. The molecule has 0 atom stereocenters. The second kappa shape index (κ2) is 6.24. The molecule has 0 aliphatic heterocycles. The first-order chi connectivity index (χ1) is 10.7. The van der Waals surface area contributed by atoms with E-state index in [1.54, 1.807) is 0 Å². The number of nitrogens with zero attached hydrogens (tertiary/aromatic N) is 1. The second-order valence-electron chi connectivity index (χ2n) is 5.64. The molecule has 4 nitrogen and oxygen atoms in total. The van der Waals surface area contributed by atoms with Gasteiger partial charge in [0.05, 0.1) is 7.11 Å². The summed E-state index contributed by atoms with van der Waals surface area (Å²) in [7, 11) is 1.43. The summed E-state index contributed by atoms with van der Waals surface area (Å²) in [5.74, 6) is 0.870. The molecule has 1 aliphatic rings. The Hall–Kier alpha value is -1.62. The molecular weight excluding hydrogens is 346 g/mol. The Labute approximate surface area is 138 Å². The quantitative estimate of drug-likeness (QED) is 0.754. The largest absolute Gasteiger partial charge is 0.468 e. The van der Waals surface area contributed by atoms with Crippen molar-refractivity contribution in [1.29, 1.82) is 0 Å². The van der Waals surface area contributed by atoms with Crippen molar-refractivity contribution in [2.45, 2.75) is 37.5 Å². The van der Waals surface area contributed by atoms with Crippen molar-refractivity contribution in [3.05, 3.63) is 40.8 Å². The van der Waals surface area contributed by atoms with E-state index in [1.165, 1.54) is 7.11 Å². The van der Waals surface area contributed by atoms with Crippen LogP contribution in [0.3, 0.4) is 0 Å². The number of esters is 1. The van der Waals surface area contributed by atoms with E-state index in [-0.39, 0.29) is 5.97 Å². The maximum absolute atomic E-state index is 12.4. The van der Waals surface area contributed by atoms with Crippen LogP contribution in [0.1, 0.15) is 38.0 Å². The van der Waals surface area contributed by atoms with Gasteiger partial charge in [-0.1, -0.05) is 49.6 Å². The highest BCUT2D eigenvalue weighted by molar-refractivity contribution is 9.10. The van der Waals surface area contributed by atoms with Crippen LogP contribution in [0.25, 0.3) is 11.3 Å². The van der Waals surface area contributed by atoms with Crippen molar-refractivity contribution in [2.24, 2.45) is 0 Å². The highest BCUT2D eigenvalue weighted by Gasteiger charge is 2.47. The number of carbonyl (C=O) groups excluding carboxylic acids is 1. The average molecular weight is 364 g/mol. The van der Waals surface area contributed by atoms with E-state index in [4.69, 9.17) is 9.15 Å². The van der Waals surface area contributed by atoms with E-state index < -0.39 is 5.41 Å². The van der Waals surface area contributed by atoms with Crippen molar-refractivity contribution in [1.82, 2.24) is 4.98 Å². The smallest absolute Gasteiger partial charge is 0.321 e. The summed E-state index contributed by atoms with van der Waals surface area (Å²) in [5, 5.41) is 0. The molecule has 1 fully saturated rings. The number of hydrogen-bond donors (Lipinski definition) is 0. The van der Waals surface area contributed by atoms with Gasteiger partial charge in [-0.25, -0.2) is 4.98 Å². The fourth-order valence-electron chi connectivity index (χ4n) is 3.13. The summed E-state index contributed by atoms with van der Waals surface area (Å²) in [6.07, 6.45) is 4.54. The van der Waals surface area contributed by atoms with Gasteiger partial charge < -0.3 is 9.15 Å². The third-order valence-electron chi connectivity index (χ3n) is 4.31. The third-order valence-corrected chi connectivity index (χ3v) is 4.85. The van der Waals surface area contributed by atoms with Gasteiger partial charge in [-0.15, -0.1) is 0 Å². The molecule has 0 N–H and O–H groups in total. The zero-order chi connectivity index (χ0) is 15.6. The zero-order valence-electron chi connectivity index (χ0n) is 12.5. The molecule has 3 rings (SSSR count). The number of rotatable bonds is 3. The minimum Gasteiger partial charge on any atom is -0.468 e. The molecule has 0 saturated heterocycles. The Morgan fingerprint density at radius 2 is 1.91 bits per heavy atom.